The van der Waals surface area contributed by atoms with E-state index in [1.807, 2.05) is 54.6 Å². The van der Waals surface area contributed by atoms with Crippen LogP contribution >= 0.6 is 11.6 Å². The van der Waals surface area contributed by atoms with Gasteiger partial charge in [-0.2, -0.15) is 0 Å². The number of nitrogens with zero attached hydrogens (tertiary/aromatic N) is 2. The summed E-state index contributed by atoms with van der Waals surface area (Å²) in [6.07, 6.45) is -0.0433. The van der Waals surface area contributed by atoms with Crippen LogP contribution in [0.1, 0.15) is 17.0 Å². The molecule has 0 bridgehead atoms. The molecule has 5 nitrogen and oxygen atoms in total. The standard InChI is InChI=1S/C21H20ClN3O2/c22-16-8-6-15(7-9-16)20-23-17-10-11-25(13-18(17)24-20)21(27)19(26)12-14-4-2-1-3-5-14/h1-9,19,26H,10-13H2,(H,23,24)/t19-/m0/s1. The molecular weight excluding hydrogens is 362 g/mol. The van der Waals surface area contributed by atoms with E-state index in [-0.39, 0.29) is 5.91 Å². The highest BCUT2D eigenvalue weighted by Crippen LogP contribution is 2.24. The number of rotatable bonds is 4. The first kappa shape index (κ1) is 17.8. The summed E-state index contributed by atoms with van der Waals surface area (Å²) >= 11 is 5.94. The number of hydrogen-bond acceptors (Lipinski definition) is 3. The molecule has 2 N–H and O–H groups in total. The smallest absolute Gasteiger partial charge is 0.252 e. The normalized spacial score (nSPS) is 14.7. The Kier molecular flexibility index (Phi) is 4.97. The Morgan fingerprint density at radius 1 is 1.19 bits per heavy atom. The van der Waals surface area contributed by atoms with E-state index in [0.717, 1.165) is 28.3 Å². The molecule has 0 fully saturated rings. The van der Waals surface area contributed by atoms with Crippen LogP contribution < -0.4 is 0 Å². The minimum atomic E-state index is -1.03. The van der Waals surface area contributed by atoms with E-state index in [4.69, 9.17) is 11.6 Å². The van der Waals surface area contributed by atoms with Gasteiger partial charge in [0.2, 0.25) is 0 Å². The first-order valence-electron chi connectivity index (χ1n) is 8.94. The van der Waals surface area contributed by atoms with Crippen molar-refractivity contribution in [1.29, 1.82) is 0 Å². The van der Waals surface area contributed by atoms with Crippen LogP contribution in [0.5, 0.6) is 0 Å². The Morgan fingerprint density at radius 2 is 1.93 bits per heavy atom. The lowest BCUT2D eigenvalue weighted by Gasteiger charge is -2.28. The van der Waals surface area contributed by atoms with E-state index >= 15 is 0 Å². The Labute approximate surface area is 162 Å². The predicted octanol–water partition coefficient (Wildman–Crippen LogP) is 3.22. The van der Waals surface area contributed by atoms with Gasteiger partial charge in [-0.25, -0.2) is 4.98 Å². The Balaban J connectivity index is 1.46. The molecule has 0 unspecified atom stereocenters. The van der Waals surface area contributed by atoms with Crippen molar-refractivity contribution in [3.05, 3.63) is 76.6 Å². The van der Waals surface area contributed by atoms with Gasteiger partial charge in [-0.1, -0.05) is 41.9 Å². The zero-order valence-corrected chi connectivity index (χ0v) is 15.5. The fourth-order valence-corrected chi connectivity index (χ4v) is 3.49. The highest BCUT2D eigenvalue weighted by atomic mass is 35.5. The average molecular weight is 382 g/mol. The number of fused-ring (bicyclic) bond motifs is 1. The number of carbonyl (C=O) groups is 1. The lowest BCUT2D eigenvalue weighted by molar-refractivity contribution is -0.141. The summed E-state index contributed by atoms with van der Waals surface area (Å²) in [5.41, 5.74) is 3.80. The van der Waals surface area contributed by atoms with Crippen molar-refractivity contribution in [3.63, 3.8) is 0 Å². The number of imidazole rings is 1. The number of aliphatic hydroxyl groups is 1. The van der Waals surface area contributed by atoms with Gasteiger partial charge < -0.3 is 15.0 Å². The fourth-order valence-electron chi connectivity index (χ4n) is 3.36. The third kappa shape index (κ3) is 3.89. The van der Waals surface area contributed by atoms with Gasteiger partial charge in [0.25, 0.3) is 5.91 Å². The van der Waals surface area contributed by atoms with E-state index < -0.39 is 6.10 Å². The minimum absolute atomic E-state index is 0.243. The number of aliphatic hydroxyl groups excluding tert-OH is 1. The molecule has 4 rings (SSSR count). The van der Waals surface area contributed by atoms with Crippen LogP contribution in [-0.4, -0.2) is 38.5 Å². The summed E-state index contributed by atoms with van der Waals surface area (Å²) in [5, 5.41) is 11.0. The Hall–Kier alpha value is -2.63. The lowest BCUT2D eigenvalue weighted by atomic mass is 10.1. The van der Waals surface area contributed by atoms with Crippen LogP contribution in [0.25, 0.3) is 11.4 Å². The van der Waals surface area contributed by atoms with Gasteiger partial charge >= 0.3 is 0 Å². The maximum Gasteiger partial charge on any atom is 0.252 e. The monoisotopic (exact) mass is 381 g/mol. The molecule has 0 aliphatic carbocycles. The van der Waals surface area contributed by atoms with Crippen LogP contribution in [0, 0.1) is 0 Å². The van der Waals surface area contributed by atoms with Crippen LogP contribution in [0.2, 0.25) is 5.02 Å². The first-order chi connectivity index (χ1) is 13.1. The van der Waals surface area contributed by atoms with Crippen molar-refractivity contribution in [2.24, 2.45) is 0 Å². The quantitative estimate of drug-likeness (QED) is 0.729. The molecule has 1 aliphatic heterocycles. The van der Waals surface area contributed by atoms with Crippen LogP contribution in [0.4, 0.5) is 0 Å². The molecule has 2 aromatic carbocycles. The molecule has 0 spiro atoms. The van der Waals surface area contributed by atoms with Gasteiger partial charge in [0.1, 0.15) is 11.9 Å². The second-order valence-corrected chi connectivity index (χ2v) is 7.17. The second kappa shape index (κ2) is 7.55. The maximum atomic E-state index is 12.7. The molecular formula is C21H20ClN3O2. The second-order valence-electron chi connectivity index (χ2n) is 6.73. The number of nitrogens with one attached hydrogen (secondary N) is 1. The maximum absolute atomic E-state index is 12.7. The van der Waals surface area contributed by atoms with Crippen molar-refractivity contribution in [1.82, 2.24) is 14.9 Å². The number of benzene rings is 2. The van der Waals surface area contributed by atoms with Crippen LogP contribution in [0.3, 0.4) is 0 Å². The number of aromatic nitrogens is 2. The molecule has 1 amide bonds. The molecule has 1 atom stereocenters. The zero-order chi connectivity index (χ0) is 18.8. The minimum Gasteiger partial charge on any atom is -0.383 e. The summed E-state index contributed by atoms with van der Waals surface area (Å²) in [7, 11) is 0. The Bertz CT molecular complexity index is 938. The van der Waals surface area contributed by atoms with Gasteiger partial charge in [0.05, 0.1) is 17.9 Å². The average Bonchev–Trinajstić information content (AvgIpc) is 3.12. The highest BCUT2D eigenvalue weighted by molar-refractivity contribution is 6.30. The number of hydrogen-bond donors (Lipinski definition) is 2. The van der Waals surface area contributed by atoms with Crippen molar-refractivity contribution >= 4 is 17.5 Å². The third-order valence-corrected chi connectivity index (χ3v) is 5.07. The number of H-pyrrole nitrogens is 1. The molecule has 6 heteroatoms. The Morgan fingerprint density at radius 3 is 2.67 bits per heavy atom. The lowest BCUT2D eigenvalue weighted by Crippen LogP contribution is -2.43. The first-order valence-corrected chi connectivity index (χ1v) is 9.32. The third-order valence-electron chi connectivity index (χ3n) is 4.82. The van der Waals surface area contributed by atoms with E-state index in [2.05, 4.69) is 9.97 Å². The zero-order valence-electron chi connectivity index (χ0n) is 14.7. The van der Waals surface area contributed by atoms with Crippen LogP contribution in [0.15, 0.2) is 54.6 Å². The largest absolute Gasteiger partial charge is 0.383 e. The SMILES string of the molecule is O=C([C@@H](O)Cc1ccccc1)N1CCc2nc(-c3ccc(Cl)cc3)[nH]c2C1. The summed E-state index contributed by atoms with van der Waals surface area (Å²) in [6.45, 7) is 0.989. The van der Waals surface area contributed by atoms with E-state index in [1.54, 1.807) is 4.90 Å². The summed E-state index contributed by atoms with van der Waals surface area (Å²) in [5.74, 6) is 0.531. The van der Waals surface area contributed by atoms with Gasteiger partial charge in [-0.05, 0) is 29.8 Å². The van der Waals surface area contributed by atoms with Crippen LogP contribution in [-0.2, 0) is 24.2 Å². The summed E-state index contributed by atoms with van der Waals surface area (Å²) < 4.78 is 0. The molecule has 0 saturated heterocycles. The predicted molar refractivity (Wildman–Crippen MR) is 104 cm³/mol. The number of amides is 1. The molecule has 0 radical (unpaired) electrons. The van der Waals surface area contributed by atoms with Gasteiger partial charge in [-0.3, -0.25) is 4.79 Å². The van der Waals surface area contributed by atoms with Gasteiger partial charge in [-0.15, -0.1) is 0 Å². The van der Waals surface area contributed by atoms with E-state index in [1.165, 1.54) is 0 Å². The molecule has 1 aliphatic rings. The molecule has 138 valence electrons. The van der Waals surface area contributed by atoms with Crippen molar-refractivity contribution in [2.75, 3.05) is 6.54 Å². The van der Waals surface area contributed by atoms with Crippen molar-refractivity contribution in [3.8, 4) is 11.4 Å². The van der Waals surface area contributed by atoms with Crippen molar-refractivity contribution in [2.45, 2.75) is 25.5 Å². The number of carbonyl (C=O) groups excluding carboxylic acids is 1. The van der Waals surface area contributed by atoms with E-state index in [0.29, 0.717) is 31.0 Å². The van der Waals surface area contributed by atoms with Gasteiger partial charge in [0.15, 0.2) is 0 Å². The highest BCUT2D eigenvalue weighted by Gasteiger charge is 2.28. The molecule has 3 aromatic rings. The summed E-state index contributed by atoms with van der Waals surface area (Å²) in [4.78, 5) is 22.3. The molecule has 0 saturated carbocycles. The topological polar surface area (TPSA) is 69.2 Å². The number of halogens is 1. The van der Waals surface area contributed by atoms with E-state index in [9.17, 15) is 9.90 Å². The van der Waals surface area contributed by atoms with Crippen molar-refractivity contribution < 1.29 is 9.90 Å². The molecule has 27 heavy (non-hydrogen) atoms. The fraction of sp³-hybridized carbons (Fsp3) is 0.238. The van der Waals surface area contributed by atoms with Gasteiger partial charge in [0, 0.05) is 30.0 Å². The molecule has 1 aromatic heterocycles. The number of aromatic amines is 1. The molecule has 2 heterocycles. The summed E-state index contributed by atoms with van der Waals surface area (Å²) in [6, 6.07) is 17.0.